The molecule has 1 aromatic carbocycles. The molecule has 22 heavy (non-hydrogen) atoms. The monoisotopic (exact) mass is 306 g/mol. The Morgan fingerprint density at radius 2 is 1.82 bits per heavy atom. The fourth-order valence-corrected chi connectivity index (χ4v) is 1.92. The van der Waals surface area contributed by atoms with Crippen LogP contribution in [0.4, 0.5) is 10.5 Å². The second-order valence-electron chi connectivity index (χ2n) is 6.37. The number of hydrogen-bond acceptors (Lipinski definition) is 3. The van der Waals surface area contributed by atoms with Crippen LogP contribution in [0.25, 0.3) is 0 Å². The third-order valence-electron chi connectivity index (χ3n) is 3.44. The van der Waals surface area contributed by atoms with E-state index in [1.54, 1.807) is 31.2 Å². The molecule has 122 valence electrons. The van der Waals surface area contributed by atoms with Gasteiger partial charge in [-0.3, -0.25) is 4.79 Å². The largest absolute Gasteiger partial charge is 0.388 e. The fourth-order valence-electron chi connectivity index (χ4n) is 1.92. The molecule has 0 bridgehead atoms. The van der Waals surface area contributed by atoms with E-state index in [4.69, 9.17) is 0 Å². The SMILES string of the molecule is CC(=O)c1ccc(NC(=O)NCC(C)(O)CCC(C)C)cc1. The number of carbonyl (C=O) groups excluding carboxylic acids is 2. The molecule has 0 fully saturated rings. The van der Waals surface area contributed by atoms with Crippen molar-refractivity contribution in [2.45, 2.75) is 46.1 Å². The third-order valence-corrected chi connectivity index (χ3v) is 3.44. The summed E-state index contributed by atoms with van der Waals surface area (Å²) in [4.78, 5) is 23.0. The molecule has 0 aliphatic heterocycles. The minimum Gasteiger partial charge on any atom is -0.388 e. The van der Waals surface area contributed by atoms with Crippen LogP contribution in [0.3, 0.4) is 0 Å². The van der Waals surface area contributed by atoms with E-state index >= 15 is 0 Å². The predicted octanol–water partition coefficient (Wildman–Crippen LogP) is 3.20. The predicted molar refractivity (Wildman–Crippen MR) is 88.2 cm³/mol. The Bertz CT molecular complexity index is 507. The van der Waals surface area contributed by atoms with Crippen molar-refractivity contribution >= 4 is 17.5 Å². The zero-order valence-electron chi connectivity index (χ0n) is 13.8. The van der Waals surface area contributed by atoms with E-state index in [2.05, 4.69) is 24.5 Å². The number of benzene rings is 1. The molecule has 1 rings (SSSR count). The molecule has 2 amide bonds. The summed E-state index contributed by atoms with van der Waals surface area (Å²) in [7, 11) is 0. The van der Waals surface area contributed by atoms with E-state index in [1.807, 2.05) is 0 Å². The first-order valence-electron chi connectivity index (χ1n) is 7.58. The van der Waals surface area contributed by atoms with E-state index < -0.39 is 5.60 Å². The quantitative estimate of drug-likeness (QED) is 0.677. The van der Waals surface area contributed by atoms with Crippen LogP contribution < -0.4 is 10.6 Å². The lowest BCUT2D eigenvalue weighted by Gasteiger charge is -2.24. The maximum atomic E-state index is 11.8. The smallest absolute Gasteiger partial charge is 0.319 e. The Morgan fingerprint density at radius 1 is 1.23 bits per heavy atom. The molecular weight excluding hydrogens is 280 g/mol. The summed E-state index contributed by atoms with van der Waals surface area (Å²) in [5, 5.41) is 15.5. The van der Waals surface area contributed by atoms with Gasteiger partial charge in [0.15, 0.2) is 5.78 Å². The number of carbonyl (C=O) groups is 2. The molecule has 1 atom stereocenters. The van der Waals surface area contributed by atoms with Crippen molar-refractivity contribution < 1.29 is 14.7 Å². The van der Waals surface area contributed by atoms with E-state index in [0.29, 0.717) is 23.6 Å². The Balaban J connectivity index is 2.44. The highest BCUT2D eigenvalue weighted by Crippen LogP contribution is 2.15. The van der Waals surface area contributed by atoms with Gasteiger partial charge in [0, 0.05) is 17.8 Å². The topological polar surface area (TPSA) is 78.4 Å². The molecule has 0 saturated heterocycles. The average molecular weight is 306 g/mol. The second-order valence-corrected chi connectivity index (χ2v) is 6.37. The molecule has 0 aromatic heterocycles. The molecule has 0 spiro atoms. The van der Waals surface area contributed by atoms with Crippen LogP contribution in [-0.2, 0) is 0 Å². The number of amides is 2. The van der Waals surface area contributed by atoms with Crippen molar-refractivity contribution in [3.05, 3.63) is 29.8 Å². The maximum absolute atomic E-state index is 11.8. The van der Waals surface area contributed by atoms with Crippen LogP contribution in [0.1, 0.15) is 50.9 Å². The van der Waals surface area contributed by atoms with E-state index in [9.17, 15) is 14.7 Å². The third kappa shape index (κ3) is 6.72. The molecule has 0 aliphatic rings. The molecule has 5 heteroatoms. The molecule has 0 saturated carbocycles. The lowest BCUT2D eigenvalue weighted by molar-refractivity contribution is 0.0481. The van der Waals surface area contributed by atoms with E-state index in [0.717, 1.165) is 6.42 Å². The van der Waals surface area contributed by atoms with Gasteiger partial charge in [0.1, 0.15) is 0 Å². The Labute approximate surface area is 132 Å². The fraction of sp³-hybridized carbons (Fsp3) is 0.529. The van der Waals surface area contributed by atoms with Gasteiger partial charge in [-0.05, 0) is 56.9 Å². The summed E-state index contributed by atoms with van der Waals surface area (Å²) < 4.78 is 0. The van der Waals surface area contributed by atoms with Gasteiger partial charge < -0.3 is 15.7 Å². The van der Waals surface area contributed by atoms with Crippen LogP contribution in [0, 0.1) is 5.92 Å². The highest BCUT2D eigenvalue weighted by molar-refractivity contribution is 5.95. The first-order valence-corrected chi connectivity index (χ1v) is 7.58. The normalized spacial score (nSPS) is 13.5. The summed E-state index contributed by atoms with van der Waals surface area (Å²) in [5.41, 5.74) is 0.284. The standard InChI is InChI=1S/C17H26N2O3/c1-12(2)9-10-17(4,22)11-18-16(21)19-15-7-5-14(6-8-15)13(3)20/h5-8,12,22H,9-11H2,1-4H3,(H2,18,19,21). The Morgan fingerprint density at radius 3 is 2.32 bits per heavy atom. The lowest BCUT2D eigenvalue weighted by Crippen LogP contribution is -2.42. The van der Waals surface area contributed by atoms with E-state index in [1.165, 1.54) is 6.92 Å². The van der Waals surface area contributed by atoms with E-state index in [-0.39, 0.29) is 18.4 Å². The van der Waals surface area contributed by atoms with Gasteiger partial charge in [0.2, 0.25) is 0 Å². The molecule has 5 nitrogen and oxygen atoms in total. The summed E-state index contributed by atoms with van der Waals surface area (Å²) in [6, 6.07) is 6.30. The molecule has 0 heterocycles. The number of anilines is 1. The Hall–Kier alpha value is -1.88. The van der Waals surface area contributed by atoms with Gasteiger partial charge in [-0.25, -0.2) is 4.79 Å². The molecule has 0 radical (unpaired) electrons. The zero-order valence-corrected chi connectivity index (χ0v) is 13.8. The second kappa shape index (κ2) is 7.94. The lowest BCUT2D eigenvalue weighted by atomic mass is 9.95. The molecular formula is C17H26N2O3. The van der Waals surface area contributed by atoms with Gasteiger partial charge in [-0.1, -0.05) is 13.8 Å². The maximum Gasteiger partial charge on any atom is 0.319 e. The van der Waals surface area contributed by atoms with Crippen LogP contribution in [0.5, 0.6) is 0 Å². The number of ketones is 1. The van der Waals surface area contributed by atoms with Crippen LogP contribution in [-0.4, -0.2) is 29.1 Å². The first kappa shape index (κ1) is 18.2. The van der Waals surface area contributed by atoms with Gasteiger partial charge in [0.05, 0.1) is 5.60 Å². The van der Waals surface area contributed by atoms with Crippen molar-refractivity contribution in [2.24, 2.45) is 5.92 Å². The van der Waals surface area contributed by atoms with Crippen LogP contribution in [0.15, 0.2) is 24.3 Å². The van der Waals surface area contributed by atoms with Gasteiger partial charge in [0.25, 0.3) is 0 Å². The number of rotatable bonds is 7. The van der Waals surface area contributed by atoms with Gasteiger partial charge in [-0.2, -0.15) is 0 Å². The number of urea groups is 1. The summed E-state index contributed by atoms with van der Waals surface area (Å²) in [5.74, 6) is 0.497. The highest BCUT2D eigenvalue weighted by atomic mass is 16.3. The highest BCUT2D eigenvalue weighted by Gasteiger charge is 2.21. The van der Waals surface area contributed by atoms with Crippen molar-refractivity contribution in [3.63, 3.8) is 0 Å². The number of Topliss-reactive ketones (excluding diaryl/α,β-unsaturated/α-hetero) is 1. The van der Waals surface area contributed by atoms with Crippen LogP contribution >= 0.6 is 0 Å². The Kier molecular flexibility index (Phi) is 6.56. The summed E-state index contributed by atoms with van der Waals surface area (Å²) in [6.07, 6.45) is 1.54. The zero-order chi connectivity index (χ0) is 16.8. The summed E-state index contributed by atoms with van der Waals surface area (Å²) in [6.45, 7) is 7.60. The van der Waals surface area contributed by atoms with Crippen molar-refractivity contribution in [1.82, 2.24) is 5.32 Å². The minimum absolute atomic E-state index is 0.0165. The first-order chi connectivity index (χ1) is 10.2. The van der Waals surface area contributed by atoms with Gasteiger partial charge in [-0.15, -0.1) is 0 Å². The molecule has 1 aromatic rings. The molecule has 0 aliphatic carbocycles. The van der Waals surface area contributed by atoms with Crippen LogP contribution in [0.2, 0.25) is 0 Å². The number of aliphatic hydroxyl groups is 1. The number of nitrogens with one attached hydrogen (secondary N) is 2. The van der Waals surface area contributed by atoms with Gasteiger partial charge >= 0.3 is 6.03 Å². The number of hydrogen-bond donors (Lipinski definition) is 3. The molecule has 1 unspecified atom stereocenters. The molecule has 3 N–H and O–H groups in total. The summed E-state index contributed by atoms with van der Waals surface area (Å²) >= 11 is 0. The minimum atomic E-state index is -0.917. The average Bonchev–Trinajstić information content (AvgIpc) is 2.44. The van der Waals surface area contributed by atoms with Crippen molar-refractivity contribution in [1.29, 1.82) is 0 Å². The van der Waals surface area contributed by atoms with Crippen molar-refractivity contribution in [2.75, 3.05) is 11.9 Å². The van der Waals surface area contributed by atoms with Crippen molar-refractivity contribution in [3.8, 4) is 0 Å².